The number of aryl methyl sites for hydroxylation is 1. The van der Waals surface area contributed by atoms with E-state index in [1.165, 1.54) is 17.3 Å². The zero-order chi connectivity index (χ0) is 23.3. The van der Waals surface area contributed by atoms with Gasteiger partial charge in [-0.15, -0.1) is 0 Å². The highest BCUT2D eigenvalue weighted by molar-refractivity contribution is 7.99. The van der Waals surface area contributed by atoms with Crippen molar-refractivity contribution < 1.29 is 9.32 Å². The second-order valence-electron chi connectivity index (χ2n) is 8.22. The molecule has 1 fully saturated rings. The summed E-state index contributed by atoms with van der Waals surface area (Å²) in [5.41, 5.74) is 2.78. The maximum atomic E-state index is 13.3. The molecule has 34 heavy (non-hydrogen) atoms. The summed E-state index contributed by atoms with van der Waals surface area (Å²) in [4.78, 5) is 27.5. The van der Waals surface area contributed by atoms with Gasteiger partial charge in [0.1, 0.15) is 5.03 Å². The van der Waals surface area contributed by atoms with Gasteiger partial charge < -0.3 is 9.42 Å². The molecule has 0 aliphatic carbocycles. The normalized spacial score (nSPS) is 14.3. The zero-order valence-corrected chi connectivity index (χ0v) is 19.7. The van der Waals surface area contributed by atoms with Gasteiger partial charge in [-0.25, -0.2) is 4.98 Å². The summed E-state index contributed by atoms with van der Waals surface area (Å²) in [5, 5.41) is 4.85. The van der Waals surface area contributed by atoms with Gasteiger partial charge in [-0.3, -0.25) is 9.69 Å². The first-order valence-corrected chi connectivity index (χ1v) is 12.1. The number of benzene rings is 2. The number of aromatic nitrogens is 3. The Labute approximate surface area is 202 Å². The van der Waals surface area contributed by atoms with Crippen molar-refractivity contribution in [2.75, 3.05) is 26.2 Å². The van der Waals surface area contributed by atoms with Crippen LogP contribution in [0, 0.1) is 6.92 Å². The van der Waals surface area contributed by atoms with Crippen LogP contribution >= 0.6 is 11.8 Å². The van der Waals surface area contributed by atoms with Crippen molar-refractivity contribution in [1.29, 1.82) is 0 Å². The predicted molar refractivity (Wildman–Crippen MR) is 130 cm³/mol. The van der Waals surface area contributed by atoms with Crippen molar-refractivity contribution >= 4 is 17.7 Å². The third-order valence-corrected chi connectivity index (χ3v) is 6.78. The summed E-state index contributed by atoms with van der Waals surface area (Å²) in [5.74, 6) is 1.21. The van der Waals surface area contributed by atoms with E-state index in [-0.39, 0.29) is 5.91 Å². The monoisotopic (exact) mass is 471 g/mol. The molecular formula is C26H25N5O2S. The fourth-order valence-corrected chi connectivity index (χ4v) is 4.74. The van der Waals surface area contributed by atoms with E-state index in [2.05, 4.69) is 20.0 Å². The van der Waals surface area contributed by atoms with Crippen LogP contribution in [-0.2, 0) is 6.54 Å². The van der Waals surface area contributed by atoms with E-state index >= 15 is 0 Å². The molecule has 172 valence electrons. The van der Waals surface area contributed by atoms with Crippen LogP contribution in [0.1, 0.15) is 21.8 Å². The van der Waals surface area contributed by atoms with Gasteiger partial charge in [0.2, 0.25) is 11.7 Å². The number of amides is 1. The summed E-state index contributed by atoms with van der Waals surface area (Å²) >= 11 is 1.51. The molecule has 0 saturated carbocycles. The molecule has 8 heteroatoms. The highest BCUT2D eigenvalue weighted by Gasteiger charge is 2.25. The molecule has 1 saturated heterocycles. The molecule has 0 unspecified atom stereocenters. The van der Waals surface area contributed by atoms with Gasteiger partial charge in [0.25, 0.3) is 5.91 Å². The molecule has 0 bridgehead atoms. The van der Waals surface area contributed by atoms with Crippen LogP contribution in [0.4, 0.5) is 0 Å². The van der Waals surface area contributed by atoms with Gasteiger partial charge in [0.15, 0.2) is 0 Å². The van der Waals surface area contributed by atoms with Crippen LogP contribution in [-0.4, -0.2) is 57.0 Å². The minimum atomic E-state index is 0.0191. The first-order chi connectivity index (χ1) is 16.7. The third kappa shape index (κ3) is 5.18. The van der Waals surface area contributed by atoms with Crippen molar-refractivity contribution in [3.8, 4) is 11.4 Å². The van der Waals surface area contributed by atoms with Crippen molar-refractivity contribution in [1.82, 2.24) is 24.9 Å². The van der Waals surface area contributed by atoms with Gasteiger partial charge in [-0.2, -0.15) is 4.98 Å². The van der Waals surface area contributed by atoms with Gasteiger partial charge in [0.05, 0.1) is 12.1 Å². The second kappa shape index (κ2) is 10.2. The SMILES string of the molecule is Cc1ccc(-c2noc(CN3CCN(C(=O)c4cccnc4Sc4ccccc4)CC3)n2)cc1. The topological polar surface area (TPSA) is 75.4 Å². The van der Waals surface area contributed by atoms with E-state index in [4.69, 9.17) is 4.52 Å². The number of hydrogen-bond donors (Lipinski definition) is 0. The number of nitrogens with zero attached hydrogens (tertiary/aromatic N) is 5. The van der Waals surface area contributed by atoms with Crippen molar-refractivity contribution in [2.24, 2.45) is 0 Å². The number of rotatable bonds is 6. The van der Waals surface area contributed by atoms with Gasteiger partial charge in [0, 0.05) is 42.8 Å². The van der Waals surface area contributed by atoms with Crippen molar-refractivity contribution in [3.63, 3.8) is 0 Å². The number of carbonyl (C=O) groups excluding carboxylic acids is 1. The smallest absolute Gasteiger partial charge is 0.256 e. The van der Waals surface area contributed by atoms with Crippen molar-refractivity contribution in [3.05, 3.63) is 89.9 Å². The van der Waals surface area contributed by atoms with Gasteiger partial charge in [-0.1, -0.05) is 64.9 Å². The van der Waals surface area contributed by atoms with Crippen LogP contribution in [0.5, 0.6) is 0 Å². The molecule has 4 aromatic rings. The third-order valence-electron chi connectivity index (χ3n) is 5.76. The maximum Gasteiger partial charge on any atom is 0.256 e. The summed E-state index contributed by atoms with van der Waals surface area (Å²) in [6, 6.07) is 21.7. The first kappa shape index (κ1) is 22.3. The van der Waals surface area contributed by atoms with Crippen LogP contribution in [0.25, 0.3) is 11.4 Å². The van der Waals surface area contributed by atoms with Gasteiger partial charge in [-0.05, 0) is 31.2 Å². The molecule has 1 aliphatic rings. The fourth-order valence-electron chi connectivity index (χ4n) is 3.84. The average molecular weight is 472 g/mol. The predicted octanol–water partition coefficient (Wildman–Crippen LogP) is 4.55. The number of carbonyl (C=O) groups is 1. The molecule has 5 rings (SSSR count). The lowest BCUT2D eigenvalue weighted by molar-refractivity contribution is 0.0611. The Bertz CT molecular complexity index is 1250. The number of hydrogen-bond acceptors (Lipinski definition) is 7. The number of pyridine rings is 1. The molecule has 0 N–H and O–H groups in total. The molecular weight excluding hydrogens is 446 g/mol. The molecule has 3 heterocycles. The lowest BCUT2D eigenvalue weighted by Gasteiger charge is -2.34. The van der Waals surface area contributed by atoms with E-state index < -0.39 is 0 Å². The molecule has 2 aromatic heterocycles. The fraction of sp³-hybridized carbons (Fsp3) is 0.231. The summed E-state index contributed by atoms with van der Waals surface area (Å²) < 4.78 is 5.47. The standard InChI is InChI=1S/C26H25N5O2S/c1-19-9-11-20(12-10-19)24-28-23(33-29-24)18-30-14-16-31(17-15-30)26(32)22-8-5-13-27-25(22)34-21-6-3-2-4-7-21/h2-13H,14-18H2,1H3. The first-order valence-electron chi connectivity index (χ1n) is 11.2. The molecule has 0 spiro atoms. The van der Waals surface area contributed by atoms with Crippen LogP contribution < -0.4 is 0 Å². The highest BCUT2D eigenvalue weighted by atomic mass is 32.2. The second-order valence-corrected chi connectivity index (χ2v) is 9.28. The minimum Gasteiger partial charge on any atom is -0.338 e. The number of piperazine rings is 1. The van der Waals surface area contributed by atoms with E-state index in [0.717, 1.165) is 28.6 Å². The summed E-state index contributed by atoms with van der Waals surface area (Å²) in [6.45, 7) is 5.39. The Morgan fingerprint density at radius 2 is 1.74 bits per heavy atom. The zero-order valence-electron chi connectivity index (χ0n) is 18.9. The van der Waals surface area contributed by atoms with E-state index in [1.807, 2.05) is 78.6 Å². The van der Waals surface area contributed by atoms with Crippen molar-refractivity contribution in [2.45, 2.75) is 23.4 Å². The summed E-state index contributed by atoms with van der Waals surface area (Å²) in [7, 11) is 0. The van der Waals surface area contributed by atoms with Crippen LogP contribution in [0.15, 0.2) is 87.4 Å². The molecule has 2 aromatic carbocycles. The van der Waals surface area contributed by atoms with Gasteiger partial charge >= 0.3 is 0 Å². The van der Waals surface area contributed by atoms with E-state index in [1.54, 1.807) is 6.20 Å². The Balaban J connectivity index is 1.19. The van der Waals surface area contributed by atoms with E-state index in [9.17, 15) is 4.79 Å². The Morgan fingerprint density at radius 3 is 2.50 bits per heavy atom. The summed E-state index contributed by atoms with van der Waals surface area (Å²) in [6.07, 6.45) is 1.73. The molecule has 7 nitrogen and oxygen atoms in total. The molecule has 1 amide bonds. The molecule has 0 radical (unpaired) electrons. The lowest BCUT2D eigenvalue weighted by atomic mass is 10.1. The quantitative estimate of drug-likeness (QED) is 0.408. The molecule has 1 aliphatic heterocycles. The van der Waals surface area contributed by atoms with E-state index in [0.29, 0.717) is 36.9 Å². The maximum absolute atomic E-state index is 13.3. The Morgan fingerprint density at radius 1 is 0.971 bits per heavy atom. The Kier molecular flexibility index (Phi) is 6.69. The average Bonchev–Trinajstić information content (AvgIpc) is 3.34. The minimum absolute atomic E-state index is 0.0191. The highest BCUT2D eigenvalue weighted by Crippen LogP contribution is 2.29. The lowest BCUT2D eigenvalue weighted by Crippen LogP contribution is -2.48. The van der Waals surface area contributed by atoms with Crippen LogP contribution in [0.2, 0.25) is 0 Å². The largest absolute Gasteiger partial charge is 0.338 e. The molecule has 0 atom stereocenters. The Hall–Kier alpha value is -3.49. The van der Waals surface area contributed by atoms with Crippen LogP contribution in [0.3, 0.4) is 0 Å².